The zero-order valence-electron chi connectivity index (χ0n) is 8.18. The second-order valence-electron chi connectivity index (χ2n) is 2.61. The molecule has 0 aromatic carbocycles. The summed E-state index contributed by atoms with van der Waals surface area (Å²) in [6.45, 7) is 9.70. The Hall–Kier alpha value is -0.830. The Morgan fingerprint density at radius 1 is 1.42 bits per heavy atom. The topological polar surface area (TPSA) is 32.3 Å². The highest BCUT2D eigenvalue weighted by Crippen LogP contribution is 1.97. The summed E-state index contributed by atoms with van der Waals surface area (Å²) in [5, 5.41) is 2.90. The van der Waals surface area contributed by atoms with Crippen molar-refractivity contribution < 1.29 is 4.79 Å². The van der Waals surface area contributed by atoms with Crippen molar-refractivity contribution in [1.29, 1.82) is 0 Å². The van der Waals surface area contributed by atoms with Crippen LogP contribution in [0.4, 0.5) is 0 Å². The number of carbonyl (C=O) groups excluding carboxylic acids is 1. The number of likely N-dealkylation sites (N-methyl/N-ethyl adjacent to an activating group) is 2. The molecule has 0 aliphatic heterocycles. The average Bonchev–Trinajstić information content (AvgIpc) is 2.07. The molecule has 0 aliphatic carbocycles. The van der Waals surface area contributed by atoms with E-state index in [1.807, 2.05) is 13.8 Å². The largest absolute Gasteiger partial charge is 0.339 e. The number of nitrogens with one attached hydrogen (secondary N) is 1. The SMILES string of the molecule is C=C(CNC)C(=O)N(CC)CC. The first-order valence-electron chi connectivity index (χ1n) is 4.29. The Morgan fingerprint density at radius 2 is 1.92 bits per heavy atom. The first kappa shape index (κ1) is 11.2. The summed E-state index contributed by atoms with van der Waals surface area (Å²) in [7, 11) is 1.81. The average molecular weight is 170 g/mol. The zero-order chi connectivity index (χ0) is 9.56. The molecule has 0 fully saturated rings. The predicted octanol–water partition coefficient (Wildman–Crippen LogP) is 0.630. The van der Waals surface area contributed by atoms with Crippen LogP contribution >= 0.6 is 0 Å². The predicted molar refractivity (Wildman–Crippen MR) is 51.0 cm³/mol. The van der Waals surface area contributed by atoms with Crippen LogP contribution in [0, 0.1) is 0 Å². The van der Waals surface area contributed by atoms with Gasteiger partial charge in [0.1, 0.15) is 0 Å². The summed E-state index contributed by atoms with van der Waals surface area (Å²) >= 11 is 0. The lowest BCUT2D eigenvalue weighted by Crippen LogP contribution is -2.33. The zero-order valence-corrected chi connectivity index (χ0v) is 8.18. The van der Waals surface area contributed by atoms with Crippen LogP contribution in [0.1, 0.15) is 13.8 Å². The molecule has 0 atom stereocenters. The molecule has 0 bridgehead atoms. The highest BCUT2D eigenvalue weighted by atomic mass is 16.2. The lowest BCUT2D eigenvalue weighted by molar-refractivity contribution is -0.126. The van der Waals surface area contributed by atoms with Gasteiger partial charge < -0.3 is 10.2 Å². The Kier molecular flexibility index (Phi) is 5.37. The van der Waals surface area contributed by atoms with E-state index in [0.717, 1.165) is 13.1 Å². The number of amides is 1. The molecule has 70 valence electrons. The maximum absolute atomic E-state index is 11.5. The van der Waals surface area contributed by atoms with Crippen molar-refractivity contribution >= 4 is 5.91 Å². The minimum Gasteiger partial charge on any atom is -0.339 e. The van der Waals surface area contributed by atoms with Gasteiger partial charge in [-0.15, -0.1) is 0 Å². The standard InChI is InChI=1S/C9H18N2O/c1-5-11(6-2)9(12)8(3)7-10-4/h10H,3,5-7H2,1-2,4H3. The molecule has 0 aliphatic rings. The monoisotopic (exact) mass is 170 g/mol. The van der Waals surface area contributed by atoms with Gasteiger partial charge in [0.15, 0.2) is 0 Å². The van der Waals surface area contributed by atoms with E-state index in [9.17, 15) is 4.79 Å². The number of carbonyl (C=O) groups is 1. The summed E-state index contributed by atoms with van der Waals surface area (Å²) in [4.78, 5) is 13.2. The number of nitrogens with zero attached hydrogens (tertiary/aromatic N) is 1. The molecule has 3 heteroatoms. The van der Waals surface area contributed by atoms with Crippen LogP contribution in [0.15, 0.2) is 12.2 Å². The van der Waals surface area contributed by atoms with Gasteiger partial charge in [0.2, 0.25) is 5.91 Å². The minimum absolute atomic E-state index is 0.0503. The Labute approximate surface area is 74.4 Å². The van der Waals surface area contributed by atoms with Gasteiger partial charge in [-0.1, -0.05) is 6.58 Å². The van der Waals surface area contributed by atoms with Crippen LogP contribution in [-0.4, -0.2) is 37.5 Å². The van der Waals surface area contributed by atoms with Gasteiger partial charge in [0, 0.05) is 25.2 Å². The molecule has 1 N–H and O–H groups in total. The van der Waals surface area contributed by atoms with Crippen LogP contribution in [0.3, 0.4) is 0 Å². The molecule has 0 aromatic rings. The van der Waals surface area contributed by atoms with Crippen molar-refractivity contribution in [3.05, 3.63) is 12.2 Å². The van der Waals surface area contributed by atoms with Gasteiger partial charge in [-0.2, -0.15) is 0 Å². The van der Waals surface area contributed by atoms with Crippen LogP contribution in [0.25, 0.3) is 0 Å². The molecule has 0 aromatic heterocycles. The number of rotatable bonds is 5. The van der Waals surface area contributed by atoms with Gasteiger partial charge in [-0.05, 0) is 20.9 Å². The summed E-state index contributed by atoms with van der Waals surface area (Å²) in [5.74, 6) is 0.0503. The molecule has 0 unspecified atom stereocenters. The molecule has 0 saturated heterocycles. The molecule has 0 radical (unpaired) electrons. The fraction of sp³-hybridized carbons (Fsp3) is 0.667. The third-order valence-electron chi connectivity index (χ3n) is 1.74. The second kappa shape index (κ2) is 5.77. The molecule has 3 nitrogen and oxygen atoms in total. The van der Waals surface area contributed by atoms with E-state index >= 15 is 0 Å². The van der Waals surface area contributed by atoms with Crippen molar-refractivity contribution in [2.45, 2.75) is 13.8 Å². The van der Waals surface area contributed by atoms with Gasteiger partial charge in [0.25, 0.3) is 0 Å². The number of hydrogen-bond acceptors (Lipinski definition) is 2. The van der Waals surface area contributed by atoms with E-state index in [2.05, 4.69) is 11.9 Å². The maximum atomic E-state index is 11.5. The normalized spacial score (nSPS) is 9.58. The van der Waals surface area contributed by atoms with E-state index in [1.54, 1.807) is 11.9 Å². The van der Waals surface area contributed by atoms with Gasteiger partial charge in [-0.3, -0.25) is 4.79 Å². The first-order chi connectivity index (χ1) is 5.67. The van der Waals surface area contributed by atoms with Crippen molar-refractivity contribution in [2.24, 2.45) is 0 Å². The third-order valence-corrected chi connectivity index (χ3v) is 1.74. The highest BCUT2D eigenvalue weighted by molar-refractivity contribution is 5.93. The molecular weight excluding hydrogens is 152 g/mol. The summed E-state index contributed by atoms with van der Waals surface area (Å²) in [5.41, 5.74) is 0.626. The van der Waals surface area contributed by atoms with Gasteiger partial charge >= 0.3 is 0 Å². The van der Waals surface area contributed by atoms with Crippen LogP contribution in [0.2, 0.25) is 0 Å². The molecule has 0 spiro atoms. The lowest BCUT2D eigenvalue weighted by atomic mass is 10.2. The van der Waals surface area contributed by atoms with Crippen LogP contribution < -0.4 is 5.32 Å². The van der Waals surface area contributed by atoms with E-state index in [4.69, 9.17) is 0 Å². The number of hydrogen-bond donors (Lipinski definition) is 1. The van der Waals surface area contributed by atoms with Crippen molar-refractivity contribution in [1.82, 2.24) is 10.2 Å². The lowest BCUT2D eigenvalue weighted by Gasteiger charge is -2.19. The molecular formula is C9H18N2O. The van der Waals surface area contributed by atoms with Gasteiger partial charge in [-0.25, -0.2) is 0 Å². The van der Waals surface area contributed by atoms with E-state index in [1.165, 1.54) is 0 Å². The second-order valence-corrected chi connectivity index (χ2v) is 2.61. The highest BCUT2D eigenvalue weighted by Gasteiger charge is 2.11. The molecule has 0 rings (SSSR count). The van der Waals surface area contributed by atoms with Crippen molar-refractivity contribution in [2.75, 3.05) is 26.7 Å². The van der Waals surface area contributed by atoms with Gasteiger partial charge in [0.05, 0.1) is 0 Å². The van der Waals surface area contributed by atoms with E-state index in [-0.39, 0.29) is 5.91 Å². The van der Waals surface area contributed by atoms with E-state index in [0.29, 0.717) is 12.1 Å². The fourth-order valence-electron chi connectivity index (χ4n) is 1.02. The van der Waals surface area contributed by atoms with E-state index < -0.39 is 0 Å². The quantitative estimate of drug-likeness (QED) is 0.614. The van der Waals surface area contributed by atoms with Crippen LogP contribution in [-0.2, 0) is 4.79 Å². The Bertz CT molecular complexity index is 162. The summed E-state index contributed by atoms with van der Waals surface area (Å²) < 4.78 is 0. The Balaban J connectivity index is 4.07. The first-order valence-corrected chi connectivity index (χ1v) is 4.29. The summed E-state index contributed by atoms with van der Waals surface area (Å²) in [6.07, 6.45) is 0. The smallest absolute Gasteiger partial charge is 0.250 e. The minimum atomic E-state index is 0.0503. The van der Waals surface area contributed by atoms with Crippen LogP contribution in [0.5, 0.6) is 0 Å². The molecule has 0 heterocycles. The summed E-state index contributed by atoms with van der Waals surface area (Å²) in [6, 6.07) is 0. The van der Waals surface area contributed by atoms with Crippen molar-refractivity contribution in [3.8, 4) is 0 Å². The Morgan fingerprint density at radius 3 is 2.25 bits per heavy atom. The molecule has 1 amide bonds. The fourth-order valence-corrected chi connectivity index (χ4v) is 1.02. The van der Waals surface area contributed by atoms with Crippen molar-refractivity contribution in [3.63, 3.8) is 0 Å². The maximum Gasteiger partial charge on any atom is 0.250 e. The molecule has 0 saturated carbocycles. The third kappa shape index (κ3) is 3.05. The molecule has 12 heavy (non-hydrogen) atoms.